The van der Waals surface area contributed by atoms with E-state index < -0.39 is 23.8 Å². The van der Waals surface area contributed by atoms with Crippen LogP contribution in [0.5, 0.6) is 0 Å². The zero-order chi connectivity index (χ0) is 18.4. The monoisotopic (exact) mass is 353 g/mol. The second kappa shape index (κ2) is 8.40. The van der Waals surface area contributed by atoms with Gasteiger partial charge in [0.2, 0.25) is 5.91 Å². The van der Waals surface area contributed by atoms with Crippen molar-refractivity contribution in [3.05, 3.63) is 24.0 Å². The molecule has 0 aromatic heterocycles. The summed E-state index contributed by atoms with van der Waals surface area (Å²) in [5.41, 5.74) is 5.75. The second-order valence-corrected chi connectivity index (χ2v) is 5.26. The summed E-state index contributed by atoms with van der Waals surface area (Å²) in [6.45, 7) is 0.495. The molecule has 1 aliphatic rings. The van der Waals surface area contributed by atoms with E-state index in [0.717, 1.165) is 6.07 Å². The lowest BCUT2D eigenvalue weighted by Gasteiger charge is -2.27. The number of benzene rings is 1. The summed E-state index contributed by atoms with van der Waals surface area (Å²) in [6.07, 6.45) is 0. The lowest BCUT2D eigenvalue weighted by Crippen LogP contribution is -2.51. The molecular formula is C15H20FN5O4. The standard InChI is InChI=1S/C15H20FN5O4/c1-18-15(24)20-12(7-17)14(23)19-11-3-2-9(6-10(11)16)21-4-5-25-8-13(21)22/h2-3,6,12H,4-5,7-8,17H2,1H3,(H,19,23)(H2,18,20,24)/t12-/m0/s1. The molecule has 0 spiro atoms. The van der Waals surface area contributed by atoms with Crippen molar-refractivity contribution in [2.75, 3.05) is 43.6 Å². The van der Waals surface area contributed by atoms with Crippen LogP contribution in [-0.4, -0.2) is 57.2 Å². The normalized spacial score (nSPS) is 15.5. The molecule has 136 valence electrons. The summed E-state index contributed by atoms with van der Waals surface area (Å²) in [7, 11) is 1.39. The molecule has 0 saturated carbocycles. The van der Waals surface area contributed by atoms with E-state index in [0.29, 0.717) is 18.8 Å². The van der Waals surface area contributed by atoms with Crippen molar-refractivity contribution in [1.29, 1.82) is 0 Å². The van der Waals surface area contributed by atoms with Gasteiger partial charge in [0.05, 0.1) is 12.3 Å². The van der Waals surface area contributed by atoms with Crippen LogP contribution in [0.15, 0.2) is 18.2 Å². The quantitative estimate of drug-likeness (QED) is 0.561. The first-order valence-corrected chi connectivity index (χ1v) is 7.63. The SMILES string of the molecule is CNC(=O)N[C@@H](CN)C(=O)Nc1ccc(N2CCOCC2=O)cc1F. The molecule has 1 saturated heterocycles. The van der Waals surface area contributed by atoms with Crippen molar-refractivity contribution in [2.45, 2.75) is 6.04 Å². The van der Waals surface area contributed by atoms with Crippen LogP contribution in [0.1, 0.15) is 0 Å². The highest BCUT2D eigenvalue weighted by Gasteiger charge is 2.23. The largest absolute Gasteiger partial charge is 0.370 e. The van der Waals surface area contributed by atoms with Gasteiger partial charge in [-0.1, -0.05) is 0 Å². The van der Waals surface area contributed by atoms with Crippen LogP contribution >= 0.6 is 0 Å². The predicted molar refractivity (Wildman–Crippen MR) is 88.6 cm³/mol. The number of hydrogen-bond acceptors (Lipinski definition) is 5. The van der Waals surface area contributed by atoms with Crippen LogP contribution in [0.4, 0.5) is 20.6 Å². The number of amides is 4. The van der Waals surface area contributed by atoms with Gasteiger partial charge in [-0.15, -0.1) is 0 Å². The number of urea groups is 1. The number of nitrogens with one attached hydrogen (secondary N) is 3. The Bertz CT molecular complexity index is 669. The summed E-state index contributed by atoms with van der Waals surface area (Å²) in [5, 5.41) is 7.02. The molecule has 1 aromatic carbocycles. The molecule has 4 amide bonds. The molecule has 1 fully saturated rings. The maximum Gasteiger partial charge on any atom is 0.315 e. The lowest BCUT2D eigenvalue weighted by molar-refractivity contribution is -0.125. The van der Waals surface area contributed by atoms with E-state index in [1.165, 1.54) is 24.1 Å². The highest BCUT2D eigenvalue weighted by molar-refractivity contribution is 5.98. The van der Waals surface area contributed by atoms with E-state index in [4.69, 9.17) is 10.5 Å². The molecule has 0 aliphatic carbocycles. The number of rotatable bonds is 5. The lowest BCUT2D eigenvalue weighted by atomic mass is 10.2. The number of halogens is 1. The summed E-state index contributed by atoms with van der Waals surface area (Å²) >= 11 is 0. The summed E-state index contributed by atoms with van der Waals surface area (Å²) < 4.78 is 19.3. The molecule has 0 unspecified atom stereocenters. The molecule has 0 bridgehead atoms. The maximum atomic E-state index is 14.3. The Morgan fingerprint density at radius 3 is 2.80 bits per heavy atom. The molecule has 1 atom stereocenters. The van der Waals surface area contributed by atoms with Gasteiger partial charge in [-0.2, -0.15) is 0 Å². The first kappa shape index (κ1) is 18.6. The van der Waals surface area contributed by atoms with Gasteiger partial charge < -0.3 is 31.3 Å². The maximum absolute atomic E-state index is 14.3. The number of ether oxygens (including phenoxy) is 1. The molecule has 1 aliphatic heterocycles. The van der Waals surface area contributed by atoms with Crippen molar-refractivity contribution in [3.8, 4) is 0 Å². The zero-order valence-electron chi connectivity index (χ0n) is 13.7. The molecular weight excluding hydrogens is 333 g/mol. The van der Waals surface area contributed by atoms with Crippen LogP contribution in [-0.2, 0) is 14.3 Å². The number of nitrogens with zero attached hydrogens (tertiary/aromatic N) is 1. The van der Waals surface area contributed by atoms with E-state index in [1.807, 2.05) is 0 Å². The fourth-order valence-electron chi connectivity index (χ4n) is 2.25. The molecule has 25 heavy (non-hydrogen) atoms. The first-order chi connectivity index (χ1) is 12.0. The number of hydrogen-bond donors (Lipinski definition) is 4. The van der Waals surface area contributed by atoms with Crippen molar-refractivity contribution in [3.63, 3.8) is 0 Å². The minimum absolute atomic E-state index is 0.0521. The number of nitrogens with two attached hydrogens (primary N) is 1. The van der Waals surface area contributed by atoms with Crippen LogP contribution < -0.4 is 26.6 Å². The van der Waals surface area contributed by atoms with Gasteiger partial charge in [0.15, 0.2) is 0 Å². The second-order valence-electron chi connectivity index (χ2n) is 5.26. The van der Waals surface area contributed by atoms with Crippen LogP contribution in [0.25, 0.3) is 0 Å². The van der Waals surface area contributed by atoms with Crippen LogP contribution in [0.3, 0.4) is 0 Å². The Labute approximate surface area is 143 Å². The average Bonchev–Trinajstić information content (AvgIpc) is 2.61. The third-order valence-corrected chi connectivity index (χ3v) is 3.59. The van der Waals surface area contributed by atoms with E-state index in [1.54, 1.807) is 0 Å². The average molecular weight is 353 g/mol. The highest BCUT2D eigenvalue weighted by atomic mass is 19.1. The van der Waals surface area contributed by atoms with Crippen LogP contribution in [0, 0.1) is 5.82 Å². The fourth-order valence-corrected chi connectivity index (χ4v) is 2.25. The van der Waals surface area contributed by atoms with Gasteiger partial charge in [0.25, 0.3) is 5.91 Å². The van der Waals surface area contributed by atoms with E-state index in [2.05, 4.69) is 16.0 Å². The molecule has 2 rings (SSSR count). The minimum Gasteiger partial charge on any atom is -0.370 e. The molecule has 10 heteroatoms. The van der Waals surface area contributed by atoms with Gasteiger partial charge in [0, 0.05) is 25.8 Å². The van der Waals surface area contributed by atoms with Crippen molar-refractivity contribution in [1.82, 2.24) is 10.6 Å². The molecule has 1 aromatic rings. The Balaban J connectivity index is 2.08. The summed E-state index contributed by atoms with van der Waals surface area (Å²) in [5.74, 6) is -1.62. The summed E-state index contributed by atoms with van der Waals surface area (Å²) in [6, 6.07) is 2.43. The van der Waals surface area contributed by atoms with Gasteiger partial charge >= 0.3 is 6.03 Å². The third kappa shape index (κ3) is 4.64. The molecule has 1 heterocycles. The van der Waals surface area contributed by atoms with E-state index in [9.17, 15) is 18.8 Å². The van der Waals surface area contributed by atoms with Gasteiger partial charge in [-0.05, 0) is 18.2 Å². The number of morpholine rings is 1. The summed E-state index contributed by atoms with van der Waals surface area (Å²) in [4.78, 5) is 36.6. The zero-order valence-corrected chi connectivity index (χ0v) is 13.7. The number of carbonyl (C=O) groups is 3. The van der Waals surface area contributed by atoms with E-state index in [-0.39, 0.29) is 24.7 Å². The van der Waals surface area contributed by atoms with Gasteiger partial charge in [0.1, 0.15) is 18.5 Å². The Morgan fingerprint density at radius 1 is 1.44 bits per heavy atom. The van der Waals surface area contributed by atoms with Crippen molar-refractivity contribution in [2.24, 2.45) is 5.73 Å². The topological polar surface area (TPSA) is 126 Å². The molecule has 5 N–H and O–H groups in total. The molecule has 9 nitrogen and oxygen atoms in total. The number of carbonyl (C=O) groups excluding carboxylic acids is 3. The van der Waals surface area contributed by atoms with E-state index >= 15 is 0 Å². The smallest absolute Gasteiger partial charge is 0.315 e. The number of anilines is 2. The Hall–Kier alpha value is -2.72. The fraction of sp³-hybridized carbons (Fsp3) is 0.400. The third-order valence-electron chi connectivity index (χ3n) is 3.59. The van der Waals surface area contributed by atoms with Crippen LogP contribution in [0.2, 0.25) is 0 Å². The first-order valence-electron chi connectivity index (χ1n) is 7.63. The minimum atomic E-state index is -1.01. The van der Waals surface area contributed by atoms with Crippen molar-refractivity contribution < 1.29 is 23.5 Å². The van der Waals surface area contributed by atoms with Crippen molar-refractivity contribution >= 4 is 29.2 Å². The van der Waals surface area contributed by atoms with Gasteiger partial charge in [-0.3, -0.25) is 9.59 Å². The Kier molecular flexibility index (Phi) is 6.25. The molecule has 0 radical (unpaired) electrons. The highest BCUT2D eigenvalue weighted by Crippen LogP contribution is 2.23. The van der Waals surface area contributed by atoms with Gasteiger partial charge in [-0.25, -0.2) is 9.18 Å². The predicted octanol–water partition coefficient (Wildman–Crippen LogP) is -0.616. The Morgan fingerprint density at radius 2 is 2.20 bits per heavy atom.